The molecule has 0 aromatic rings. The van der Waals surface area contributed by atoms with E-state index in [4.69, 9.17) is 56.6 Å². The van der Waals surface area contributed by atoms with E-state index in [9.17, 15) is 9.59 Å². The van der Waals surface area contributed by atoms with Gasteiger partial charge in [-0.2, -0.15) is 0 Å². The molecule has 0 saturated carbocycles. The van der Waals surface area contributed by atoms with E-state index in [-0.39, 0.29) is 29.5 Å². The maximum atomic E-state index is 9.65. The van der Waals surface area contributed by atoms with Crippen LogP contribution >= 0.6 is 46.4 Å². The first-order chi connectivity index (χ1) is 6.36. The topological polar surface area (TPSA) is 74.6 Å². The van der Waals surface area contributed by atoms with Crippen molar-refractivity contribution in [3.8, 4) is 0 Å². The molecule has 0 rings (SSSR count). The van der Waals surface area contributed by atoms with Gasteiger partial charge in [-0.25, -0.2) is 9.59 Å². The first-order valence-corrected chi connectivity index (χ1v) is 4.38. The van der Waals surface area contributed by atoms with Crippen molar-refractivity contribution in [3.05, 3.63) is 21.1 Å². The molecule has 9 heteroatoms. The fraction of sp³-hybridized carbons (Fsp3) is 0. The summed E-state index contributed by atoms with van der Waals surface area (Å²) in [4.78, 5) is 19.3. The van der Waals surface area contributed by atoms with Crippen molar-refractivity contribution in [1.29, 1.82) is 0 Å². The molecular formula is C6H4Cl4O4Zn. The molecule has 0 aromatic carbocycles. The number of halogens is 4. The fourth-order valence-corrected chi connectivity index (χ4v) is 0.280. The maximum Gasteiger partial charge on any atom is 0.348 e. The Labute approximate surface area is 118 Å². The van der Waals surface area contributed by atoms with Crippen molar-refractivity contribution in [2.75, 3.05) is 0 Å². The summed E-state index contributed by atoms with van der Waals surface area (Å²) in [5.74, 6) is -2.42. The number of hydrogen-bond acceptors (Lipinski definition) is 2. The van der Waals surface area contributed by atoms with E-state index >= 15 is 0 Å². The molecule has 0 aliphatic carbocycles. The molecule has 0 spiro atoms. The Bertz CT molecular complexity index is 248. The predicted molar refractivity (Wildman–Crippen MR) is 54.8 cm³/mol. The van der Waals surface area contributed by atoms with Gasteiger partial charge in [-0.15, -0.1) is 0 Å². The first-order valence-electron chi connectivity index (χ1n) is 2.75. The van der Waals surface area contributed by atoms with Crippen LogP contribution in [0.1, 0.15) is 0 Å². The molecule has 0 heterocycles. The molecule has 82 valence electrons. The van der Waals surface area contributed by atoms with Crippen molar-refractivity contribution >= 4 is 58.3 Å². The van der Waals surface area contributed by atoms with Crippen LogP contribution in [-0.4, -0.2) is 22.2 Å². The Morgan fingerprint density at radius 1 is 0.867 bits per heavy atom. The van der Waals surface area contributed by atoms with Gasteiger partial charge >= 0.3 is 11.9 Å². The van der Waals surface area contributed by atoms with Crippen LogP contribution in [0, 0.1) is 0 Å². The van der Waals surface area contributed by atoms with Gasteiger partial charge in [0.05, 0.1) is 0 Å². The van der Waals surface area contributed by atoms with Crippen LogP contribution in [0.2, 0.25) is 0 Å². The van der Waals surface area contributed by atoms with Gasteiger partial charge in [-0.05, 0) is 0 Å². The van der Waals surface area contributed by atoms with Gasteiger partial charge in [0.25, 0.3) is 0 Å². The van der Waals surface area contributed by atoms with Crippen molar-refractivity contribution in [3.63, 3.8) is 0 Å². The van der Waals surface area contributed by atoms with E-state index in [1.165, 1.54) is 0 Å². The van der Waals surface area contributed by atoms with Gasteiger partial charge in [0, 0.05) is 30.5 Å². The van der Waals surface area contributed by atoms with E-state index in [2.05, 4.69) is 0 Å². The maximum absolute atomic E-state index is 9.65. The van der Waals surface area contributed by atoms with Crippen molar-refractivity contribution in [2.24, 2.45) is 0 Å². The summed E-state index contributed by atoms with van der Waals surface area (Å²) in [7, 11) is 0. The van der Waals surface area contributed by atoms with Crippen LogP contribution in [0.3, 0.4) is 0 Å². The molecule has 4 nitrogen and oxygen atoms in total. The SMILES string of the molecule is O=C(O)C(Cl)=CCl.O=C(O)C(Cl)=CCl.[Zn]. The van der Waals surface area contributed by atoms with Gasteiger partial charge in [-0.1, -0.05) is 46.4 Å². The van der Waals surface area contributed by atoms with Crippen molar-refractivity contribution in [1.82, 2.24) is 0 Å². The summed E-state index contributed by atoms with van der Waals surface area (Å²) in [6, 6.07) is 0. The van der Waals surface area contributed by atoms with Gasteiger partial charge in [0.15, 0.2) is 0 Å². The molecule has 0 atom stereocenters. The molecule has 0 aliphatic heterocycles. The summed E-state index contributed by atoms with van der Waals surface area (Å²) >= 11 is 19.6. The zero-order valence-electron chi connectivity index (χ0n) is 7.08. The van der Waals surface area contributed by atoms with E-state index in [0.29, 0.717) is 0 Å². The number of rotatable bonds is 2. The molecule has 2 N–H and O–H groups in total. The third-order valence-corrected chi connectivity index (χ3v) is 1.80. The van der Waals surface area contributed by atoms with Crippen molar-refractivity contribution in [2.45, 2.75) is 0 Å². The van der Waals surface area contributed by atoms with Crippen LogP contribution in [0.15, 0.2) is 21.1 Å². The summed E-state index contributed by atoms with van der Waals surface area (Å²) in [6.45, 7) is 0. The molecule has 0 aromatic heterocycles. The van der Waals surface area contributed by atoms with Crippen LogP contribution in [-0.2, 0) is 29.1 Å². The Morgan fingerprint density at radius 2 is 1.07 bits per heavy atom. The van der Waals surface area contributed by atoms with Gasteiger partial charge in [0.1, 0.15) is 10.1 Å². The minimum absolute atomic E-state index is 0. The number of carboxylic acids is 2. The standard InChI is InChI=1S/2C3H2Cl2O2.Zn/c2*4-1-2(5)3(6)7;/h2*1H,(H,6,7);. The molecule has 0 aliphatic rings. The first kappa shape index (κ1) is 20.6. The third-order valence-electron chi connectivity index (χ3n) is 0.600. The molecule has 0 unspecified atom stereocenters. The number of carbonyl (C=O) groups is 2. The van der Waals surface area contributed by atoms with Crippen LogP contribution < -0.4 is 0 Å². The zero-order valence-corrected chi connectivity index (χ0v) is 13.1. The van der Waals surface area contributed by atoms with Crippen LogP contribution in [0.4, 0.5) is 0 Å². The second-order valence-corrected chi connectivity index (χ2v) is 2.78. The predicted octanol–water partition coefficient (Wildman–Crippen LogP) is 2.78. The van der Waals surface area contributed by atoms with E-state index in [1.54, 1.807) is 0 Å². The second kappa shape index (κ2) is 12.3. The molecule has 0 bridgehead atoms. The summed E-state index contributed by atoms with van der Waals surface area (Å²) < 4.78 is 0. The molecular weight excluding hydrogens is 343 g/mol. The molecule has 0 saturated heterocycles. The van der Waals surface area contributed by atoms with Crippen molar-refractivity contribution < 1.29 is 39.3 Å². The summed E-state index contributed by atoms with van der Waals surface area (Å²) in [5.41, 5.74) is 1.59. The Morgan fingerprint density at radius 3 is 1.07 bits per heavy atom. The third kappa shape index (κ3) is 14.2. The average molecular weight is 347 g/mol. The fourth-order valence-electron chi connectivity index (χ4n) is 0.0933. The number of aliphatic carboxylic acids is 2. The largest absolute Gasteiger partial charge is 0.477 e. The number of hydrogen-bond donors (Lipinski definition) is 2. The minimum Gasteiger partial charge on any atom is -0.477 e. The molecule has 0 fully saturated rings. The quantitative estimate of drug-likeness (QED) is 0.595. The average Bonchev–Trinajstić information content (AvgIpc) is 2.15. The Hall–Kier alpha value is 0.203. The molecule has 0 amide bonds. The summed E-state index contributed by atoms with van der Waals surface area (Å²) in [5, 5.41) is 15.0. The minimum atomic E-state index is -1.21. The van der Waals surface area contributed by atoms with Gasteiger partial charge in [0.2, 0.25) is 0 Å². The van der Waals surface area contributed by atoms with Crippen LogP contribution in [0.25, 0.3) is 0 Å². The monoisotopic (exact) mass is 344 g/mol. The van der Waals surface area contributed by atoms with Crippen LogP contribution in [0.5, 0.6) is 0 Å². The second-order valence-electron chi connectivity index (χ2n) is 1.52. The zero-order chi connectivity index (χ0) is 11.7. The van der Waals surface area contributed by atoms with Gasteiger partial charge < -0.3 is 10.2 Å². The van der Waals surface area contributed by atoms with Gasteiger partial charge in [-0.3, -0.25) is 0 Å². The van der Waals surface area contributed by atoms with E-state index < -0.39 is 11.9 Å². The smallest absolute Gasteiger partial charge is 0.348 e. The number of carboxylic acid groups (broad SMARTS) is 2. The molecule has 15 heavy (non-hydrogen) atoms. The Balaban J connectivity index is -0.000000180. The molecule has 0 radical (unpaired) electrons. The summed E-state index contributed by atoms with van der Waals surface area (Å²) in [6.07, 6.45) is 0. The Kier molecular flexibility index (Phi) is 16.9. The van der Waals surface area contributed by atoms with E-state index in [0.717, 1.165) is 11.1 Å². The normalized spacial score (nSPS) is 10.7. The van der Waals surface area contributed by atoms with E-state index in [1.807, 2.05) is 0 Å².